The number of aromatic nitrogens is 2. The summed E-state index contributed by atoms with van der Waals surface area (Å²) in [5.41, 5.74) is 1.25. The summed E-state index contributed by atoms with van der Waals surface area (Å²) in [5, 5.41) is 6.90. The predicted molar refractivity (Wildman–Crippen MR) is 84.8 cm³/mol. The van der Waals surface area contributed by atoms with Gasteiger partial charge in [0.05, 0.1) is 14.2 Å². The van der Waals surface area contributed by atoms with E-state index in [-0.39, 0.29) is 17.9 Å². The maximum absolute atomic E-state index is 12.3. The molecule has 1 unspecified atom stereocenters. The highest BCUT2D eigenvalue weighted by Crippen LogP contribution is 2.26. The molecule has 0 bridgehead atoms. The van der Waals surface area contributed by atoms with Gasteiger partial charge in [0.2, 0.25) is 5.88 Å². The smallest absolute Gasteiger partial charge is 0.258 e. The molecule has 1 N–H and O–H groups in total. The van der Waals surface area contributed by atoms with Gasteiger partial charge in [-0.2, -0.15) is 0 Å². The molecule has 1 atom stereocenters. The summed E-state index contributed by atoms with van der Waals surface area (Å²) in [7, 11) is 6.40. The van der Waals surface area contributed by atoms with E-state index in [0.717, 1.165) is 5.56 Å². The zero-order valence-electron chi connectivity index (χ0n) is 13.7. The molecule has 2 rings (SSSR count). The van der Waals surface area contributed by atoms with Crippen molar-refractivity contribution in [3.8, 4) is 11.6 Å². The number of methoxy groups -OCH3 is 3. The number of carbonyl (C=O) groups excluding carboxylic acids is 1. The first-order valence-electron chi connectivity index (χ1n) is 7.12. The van der Waals surface area contributed by atoms with Crippen LogP contribution in [0, 0.1) is 0 Å². The average molecular weight is 319 g/mol. The molecule has 0 aliphatic rings. The monoisotopic (exact) mass is 319 g/mol. The lowest BCUT2D eigenvalue weighted by Gasteiger charge is -2.19. The number of hydrogen-bond acceptors (Lipinski definition) is 5. The molecular weight excluding hydrogens is 298 g/mol. The van der Waals surface area contributed by atoms with Crippen LogP contribution in [0.5, 0.6) is 11.6 Å². The molecule has 7 heteroatoms. The van der Waals surface area contributed by atoms with Crippen LogP contribution in [0.15, 0.2) is 30.5 Å². The molecule has 1 aromatic carbocycles. The molecular formula is C16H21N3O4. The summed E-state index contributed by atoms with van der Waals surface area (Å²) >= 11 is 0. The Morgan fingerprint density at radius 3 is 2.65 bits per heavy atom. The zero-order valence-corrected chi connectivity index (χ0v) is 13.7. The summed E-state index contributed by atoms with van der Waals surface area (Å²) in [6.07, 6.45) is 1.29. The van der Waals surface area contributed by atoms with Gasteiger partial charge in [0.15, 0.2) is 0 Å². The van der Waals surface area contributed by atoms with Crippen LogP contribution >= 0.6 is 0 Å². The zero-order chi connectivity index (χ0) is 16.8. The Labute approximate surface area is 135 Å². The van der Waals surface area contributed by atoms with E-state index in [4.69, 9.17) is 14.2 Å². The van der Waals surface area contributed by atoms with Gasteiger partial charge in [-0.15, -0.1) is 5.10 Å². The van der Waals surface area contributed by atoms with Crippen LogP contribution in [-0.2, 0) is 11.8 Å². The minimum absolute atomic E-state index is 0.271. The van der Waals surface area contributed by atoms with Crippen molar-refractivity contribution >= 4 is 5.91 Å². The number of carbonyl (C=O) groups is 1. The number of benzene rings is 1. The van der Waals surface area contributed by atoms with Crippen LogP contribution in [0.25, 0.3) is 0 Å². The molecule has 1 amide bonds. The first-order chi connectivity index (χ1) is 11.1. The van der Waals surface area contributed by atoms with Crippen molar-refractivity contribution in [1.82, 2.24) is 15.1 Å². The fourth-order valence-electron chi connectivity index (χ4n) is 2.31. The Morgan fingerprint density at radius 2 is 2.00 bits per heavy atom. The Hall–Kier alpha value is -2.54. The lowest BCUT2D eigenvalue weighted by Crippen LogP contribution is -2.29. The Kier molecular flexibility index (Phi) is 5.59. The van der Waals surface area contributed by atoms with Gasteiger partial charge in [-0.05, 0) is 6.07 Å². The van der Waals surface area contributed by atoms with Crippen LogP contribution in [0.1, 0.15) is 22.0 Å². The largest absolute Gasteiger partial charge is 0.496 e. The molecule has 0 saturated heterocycles. The highest BCUT2D eigenvalue weighted by molar-refractivity contribution is 5.96. The lowest BCUT2D eigenvalue weighted by atomic mass is 10.1. The van der Waals surface area contributed by atoms with Gasteiger partial charge < -0.3 is 19.5 Å². The third-order valence-electron chi connectivity index (χ3n) is 3.45. The van der Waals surface area contributed by atoms with Gasteiger partial charge in [-0.1, -0.05) is 18.2 Å². The Morgan fingerprint density at radius 1 is 1.26 bits per heavy atom. The van der Waals surface area contributed by atoms with Crippen molar-refractivity contribution in [2.24, 2.45) is 7.05 Å². The first-order valence-corrected chi connectivity index (χ1v) is 7.12. The molecule has 1 aromatic heterocycles. The Bertz CT molecular complexity index is 669. The van der Waals surface area contributed by atoms with Gasteiger partial charge in [0.1, 0.15) is 17.4 Å². The van der Waals surface area contributed by atoms with E-state index in [0.29, 0.717) is 17.9 Å². The number of ether oxygens (including phenoxy) is 3. The standard InChI is InChI=1S/C16H21N3O4/c1-19-10-12(16(18-19)23-4)15(20)17-9-14(22-3)11-7-5-6-8-13(11)21-2/h5-8,10,14H,9H2,1-4H3,(H,17,20). The maximum Gasteiger partial charge on any atom is 0.258 e. The lowest BCUT2D eigenvalue weighted by molar-refractivity contribution is 0.0817. The van der Waals surface area contributed by atoms with Gasteiger partial charge in [-0.3, -0.25) is 9.48 Å². The van der Waals surface area contributed by atoms with Crippen molar-refractivity contribution < 1.29 is 19.0 Å². The number of rotatable bonds is 7. The van der Waals surface area contributed by atoms with Gasteiger partial charge >= 0.3 is 0 Å². The summed E-state index contributed by atoms with van der Waals surface area (Å²) < 4.78 is 17.4. The number of nitrogens with zero attached hydrogens (tertiary/aromatic N) is 2. The second kappa shape index (κ2) is 7.64. The van der Waals surface area contributed by atoms with Crippen LogP contribution in [0.2, 0.25) is 0 Å². The molecule has 0 aliphatic heterocycles. The number of hydrogen-bond donors (Lipinski definition) is 1. The highest BCUT2D eigenvalue weighted by atomic mass is 16.5. The quantitative estimate of drug-likeness (QED) is 0.838. The average Bonchev–Trinajstić information content (AvgIpc) is 2.96. The molecule has 0 spiro atoms. The first kappa shape index (κ1) is 16.8. The van der Waals surface area contributed by atoms with Crippen molar-refractivity contribution in [2.45, 2.75) is 6.10 Å². The Balaban J connectivity index is 2.09. The molecule has 0 fully saturated rings. The second-order valence-electron chi connectivity index (χ2n) is 4.90. The van der Waals surface area contributed by atoms with Crippen molar-refractivity contribution in [1.29, 1.82) is 0 Å². The van der Waals surface area contributed by atoms with E-state index >= 15 is 0 Å². The normalized spacial score (nSPS) is 11.8. The van der Waals surface area contributed by atoms with Crippen LogP contribution in [0.4, 0.5) is 0 Å². The van der Waals surface area contributed by atoms with E-state index < -0.39 is 0 Å². The molecule has 124 valence electrons. The fraction of sp³-hybridized carbons (Fsp3) is 0.375. The molecule has 7 nitrogen and oxygen atoms in total. The van der Waals surface area contributed by atoms with E-state index in [1.165, 1.54) is 11.8 Å². The number of nitrogens with one attached hydrogen (secondary N) is 1. The fourth-order valence-corrected chi connectivity index (χ4v) is 2.31. The van der Waals surface area contributed by atoms with E-state index in [2.05, 4.69) is 10.4 Å². The minimum Gasteiger partial charge on any atom is -0.496 e. The van der Waals surface area contributed by atoms with Crippen molar-refractivity contribution in [3.63, 3.8) is 0 Å². The van der Waals surface area contributed by atoms with Crippen LogP contribution < -0.4 is 14.8 Å². The molecule has 0 saturated carbocycles. The SMILES string of the molecule is COc1ccccc1C(CNC(=O)c1cn(C)nc1OC)OC. The molecule has 0 radical (unpaired) electrons. The summed E-state index contributed by atoms with van der Waals surface area (Å²) in [5.74, 6) is 0.732. The predicted octanol–water partition coefficient (Wildman–Crippen LogP) is 1.55. The van der Waals surface area contributed by atoms with Gasteiger partial charge in [-0.25, -0.2) is 0 Å². The molecule has 0 aliphatic carbocycles. The van der Waals surface area contributed by atoms with Crippen LogP contribution in [-0.4, -0.2) is 43.6 Å². The topological polar surface area (TPSA) is 74.6 Å². The number of aryl methyl sites for hydroxylation is 1. The van der Waals surface area contributed by atoms with Crippen molar-refractivity contribution in [3.05, 3.63) is 41.6 Å². The second-order valence-corrected chi connectivity index (χ2v) is 4.90. The number of para-hydroxylation sites is 1. The summed E-state index contributed by atoms with van der Waals surface area (Å²) in [6.45, 7) is 0.299. The van der Waals surface area contributed by atoms with Crippen LogP contribution in [0.3, 0.4) is 0 Å². The van der Waals surface area contributed by atoms with E-state index in [1.54, 1.807) is 27.5 Å². The van der Waals surface area contributed by atoms with Gasteiger partial charge in [0.25, 0.3) is 5.91 Å². The highest BCUT2D eigenvalue weighted by Gasteiger charge is 2.20. The summed E-state index contributed by atoms with van der Waals surface area (Å²) in [4.78, 5) is 12.3. The molecule has 1 heterocycles. The minimum atomic E-state index is -0.322. The maximum atomic E-state index is 12.3. The summed E-state index contributed by atoms with van der Waals surface area (Å²) in [6, 6.07) is 7.54. The number of amides is 1. The molecule has 23 heavy (non-hydrogen) atoms. The third kappa shape index (κ3) is 3.81. The van der Waals surface area contributed by atoms with Gasteiger partial charge in [0, 0.05) is 32.5 Å². The van der Waals surface area contributed by atoms with Crippen molar-refractivity contribution in [2.75, 3.05) is 27.9 Å². The third-order valence-corrected chi connectivity index (χ3v) is 3.45. The molecule has 2 aromatic rings. The van der Waals surface area contributed by atoms with E-state index in [9.17, 15) is 4.79 Å². The van der Waals surface area contributed by atoms with E-state index in [1.807, 2.05) is 24.3 Å².